The van der Waals surface area contributed by atoms with E-state index in [1.54, 1.807) is 0 Å². The molecule has 0 amide bonds. The molecule has 1 saturated carbocycles. The van der Waals surface area contributed by atoms with Crippen LogP contribution in [-0.2, 0) is 0 Å². The molecule has 170 valence electrons. The van der Waals surface area contributed by atoms with E-state index in [2.05, 4.69) is 29.7 Å². The van der Waals surface area contributed by atoms with E-state index < -0.39 is 11.6 Å². The quantitative estimate of drug-likeness (QED) is 0.445. The Morgan fingerprint density at radius 2 is 1.85 bits per heavy atom. The van der Waals surface area contributed by atoms with Gasteiger partial charge in [0.15, 0.2) is 5.65 Å². The van der Waals surface area contributed by atoms with Crippen LogP contribution in [0.25, 0.3) is 16.8 Å². The lowest BCUT2D eigenvalue weighted by Crippen LogP contribution is -2.48. The molecule has 7 nitrogen and oxygen atoms in total. The van der Waals surface area contributed by atoms with E-state index in [-0.39, 0.29) is 11.1 Å². The average molecular weight is 488 g/mol. The first-order valence-electron chi connectivity index (χ1n) is 10.8. The van der Waals surface area contributed by atoms with Gasteiger partial charge in [-0.2, -0.15) is 9.36 Å². The van der Waals surface area contributed by atoms with Crippen molar-refractivity contribution in [3.63, 3.8) is 0 Å². The summed E-state index contributed by atoms with van der Waals surface area (Å²) < 4.78 is 33.6. The van der Waals surface area contributed by atoms with Crippen LogP contribution in [0.3, 0.4) is 0 Å². The molecule has 1 N–H and O–H groups in total. The van der Waals surface area contributed by atoms with Gasteiger partial charge >= 0.3 is 0 Å². The van der Waals surface area contributed by atoms with Crippen molar-refractivity contribution >= 4 is 39.9 Å². The predicted molar refractivity (Wildman–Crippen MR) is 124 cm³/mol. The van der Waals surface area contributed by atoms with Gasteiger partial charge in [-0.3, -0.25) is 0 Å². The molecule has 3 atom stereocenters. The molecule has 6 rings (SSSR count). The highest BCUT2D eigenvalue weighted by Crippen LogP contribution is 2.40. The number of piperidine rings is 1. The monoisotopic (exact) mass is 487 g/mol. The molecular weight excluding hydrogens is 468 g/mol. The fourth-order valence-electron chi connectivity index (χ4n) is 5.10. The SMILES string of the molecule is Cc1nsc(N2C[C@H]3CC[C@@H](C2)C3Nc2nc3c(-c4ccc(F)cc4Cl)cc(F)cn3n2)n1. The smallest absolute Gasteiger partial charge is 0.243 e. The molecule has 4 aromatic rings. The van der Waals surface area contributed by atoms with Gasteiger partial charge in [-0.1, -0.05) is 11.6 Å². The van der Waals surface area contributed by atoms with Crippen molar-refractivity contribution in [3.05, 3.63) is 52.9 Å². The Kier molecular flexibility index (Phi) is 4.95. The van der Waals surface area contributed by atoms with E-state index in [1.165, 1.54) is 46.5 Å². The summed E-state index contributed by atoms with van der Waals surface area (Å²) in [6.45, 7) is 3.72. The fourth-order valence-corrected chi connectivity index (χ4v) is 6.06. The fraction of sp³-hybridized carbons (Fsp3) is 0.364. The van der Waals surface area contributed by atoms with Gasteiger partial charge < -0.3 is 10.2 Å². The molecule has 2 aliphatic rings. The van der Waals surface area contributed by atoms with Crippen LogP contribution in [0.15, 0.2) is 30.5 Å². The second kappa shape index (κ2) is 7.88. The van der Waals surface area contributed by atoms with Crippen molar-refractivity contribution < 1.29 is 8.78 Å². The highest BCUT2D eigenvalue weighted by Gasteiger charge is 2.43. The zero-order chi connectivity index (χ0) is 22.7. The van der Waals surface area contributed by atoms with E-state index >= 15 is 0 Å². The lowest BCUT2D eigenvalue weighted by atomic mass is 9.92. The van der Waals surface area contributed by atoms with Gasteiger partial charge in [0.2, 0.25) is 11.1 Å². The topological polar surface area (TPSA) is 71.2 Å². The van der Waals surface area contributed by atoms with Crippen LogP contribution in [0.1, 0.15) is 18.7 Å². The number of aromatic nitrogens is 5. The molecule has 1 unspecified atom stereocenters. The van der Waals surface area contributed by atoms with Crippen molar-refractivity contribution in [3.8, 4) is 11.1 Å². The summed E-state index contributed by atoms with van der Waals surface area (Å²) in [6, 6.07) is 5.61. The third-order valence-corrected chi connectivity index (χ3v) is 7.72. The zero-order valence-electron chi connectivity index (χ0n) is 17.7. The molecule has 2 bridgehead atoms. The summed E-state index contributed by atoms with van der Waals surface area (Å²) in [6.07, 6.45) is 3.52. The summed E-state index contributed by atoms with van der Waals surface area (Å²) >= 11 is 7.69. The number of fused-ring (bicyclic) bond motifs is 3. The molecule has 0 spiro atoms. The van der Waals surface area contributed by atoms with E-state index in [9.17, 15) is 8.78 Å². The number of nitrogens with one attached hydrogen (secondary N) is 1. The standard InChI is InChI=1S/C22H20ClF2N7S/c1-11-26-22(33-30-11)31-8-12-2-3-13(9-31)19(12)27-21-28-20-17(6-15(25)10-32(20)29-21)16-5-4-14(24)7-18(16)23/h4-7,10,12-13,19H,2-3,8-9H2,1H3,(H,27,29)/t12-,13+,19?. The Balaban J connectivity index is 1.29. The number of halogens is 3. The molecule has 1 aliphatic carbocycles. The first-order valence-corrected chi connectivity index (χ1v) is 11.9. The number of rotatable bonds is 4. The van der Waals surface area contributed by atoms with Crippen molar-refractivity contribution in [2.45, 2.75) is 25.8 Å². The van der Waals surface area contributed by atoms with Gasteiger partial charge in [0.05, 0.1) is 11.2 Å². The lowest BCUT2D eigenvalue weighted by molar-refractivity contribution is 0.376. The second-order valence-electron chi connectivity index (χ2n) is 8.70. The van der Waals surface area contributed by atoms with E-state index in [1.807, 2.05) is 6.92 Å². The number of pyridine rings is 1. The summed E-state index contributed by atoms with van der Waals surface area (Å²) in [5.74, 6) is 1.19. The first-order chi connectivity index (χ1) is 15.9. The minimum absolute atomic E-state index is 0.192. The number of nitrogens with zero attached hydrogens (tertiary/aromatic N) is 6. The summed E-state index contributed by atoms with van der Waals surface area (Å²) in [4.78, 5) is 11.5. The number of hydrogen-bond acceptors (Lipinski definition) is 7. The Bertz CT molecular complexity index is 1340. The maximum atomic E-state index is 14.4. The van der Waals surface area contributed by atoms with Crippen molar-refractivity contribution in [2.24, 2.45) is 11.8 Å². The Labute approximate surface area is 197 Å². The van der Waals surface area contributed by atoms with Crippen LogP contribution >= 0.6 is 23.1 Å². The number of benzene rings is 1. The maximum Gasteiger partial charge on any atom is 0.243 e. The molecule has 33 heavy (non-hydrogen) atoms. The lowest BCUT2D eigenvalue weighted by Gasteiger charge is -2.37. The van der Waals surface area contributed by atoms with E-state index in [0.29, 0.717) is 34.6 Å². The zero-order valence-corrected chi connectivity index (χ0v) is 19.2. The van der Waals surface area contributed by atoms with Crippen LogP contribution in [0, 0.1) is 30.4 Å². The van der Waals surface area contributed by atoms with E-state index in [0.717, 1.165) is 36.9 Å². The van der Waals surface area contributed by atoms with Crippen LogP contribution in [0.5, 0.6) is 0 Å². The molecule has 1 aliphatic heterocycles. The Morgan fingerprint density at radius 1 is 1.06 bits per heavy atom. The molecule has 4 heterocycles. The predicted octanol–water partition coefficient (Wildman–Crippen LogP) is 4.81. The molecule has 1 saturated heterocycles. The van der Waals surface area contributed by atoms with E-state index in [4.69, 9.17) is 11.6 Å². The molecule has 0 radical (unpaired) electrons. The van der Waals surface area contributed by atoms with Crippen molar-refractivity contribution in [2.75, 3.05) is 23.3 Å². The first kappa shape index (κ1) is 20.7. The van der Waals surface area contributed by atoms with Gasteiger partial charge in [-0.05, 0) is 55.9 Å². The Morgan fingerprint density at radius 3 is 2.55 bits per heavy atom. The number of aryl methyl sites for hydroxylation is 1. The van der Waals surface area contributed by atoms with Crippen LogP contribution in [0.2, 0.25) is 5.02 Å². The molecule has 11 heteroatoms. The normalized spacial score (nSPS) is 22.3. The van der Waals surface area contributed by atoms with Crippen LogP contribution in [-0.4, -0.2) is 43.1 Å². The summed E-state index contributed by atoms with van der Waals surface area (Å²) in [7, 11) is 0. The van der Waals surface area contributed by atoms with Gasteiger partial charge in [-0.15, -0.1) is 5.10 Å². The summed E-state index contributed by atoms with van der Waals surface area (Å²) in [5.41, 5.74) is 1.42. The van der Waals surface area contributed by atoms with Crippen molar-refractivity contribution in [1.29, 1.82) is 0 Å². The molecule has 1 aromatic carbocycles. The average Bonchev–Trinajstić information content (AvgIpc) is 3.43. The highest BCUT2D eigenvalue weighted by atomic mass is 35.5. The second-order valence-corrected chi connectivity index (χ2v) is 9.83. The minimum Gasteiger partial charge on any atom is -0.349 e. The third kappa shape index (κ3) is 3.71. The van der Waals surface area contributed by atoms with Crippen LogP contribution < -0.4 is 10.2 Å². The number of anilines is 2. The highest BCUT2D eigenvalue weighted by molar-refractivity contribution is 7.09. The van der Waals surface area contributed by atoms with Gasteiger partial charge in [0.1, 0.15) is 17.5 Å². The summed E-state index contributed by atoms with van der Waals surface area (Å²) in [5, 5.41) is 9.16. The van der Waals surface area contributed by atoms with Gasteiger partial charge in [0, 0.05) is 41.8 Å². The largest absolute Gasteiger partial charge is 0.349 e. The number of hydrogen-bond donors (Lipinski definition) is 1. The Hall–Kier alpha value is -2.85. The minimum atomic E-state index is -0.477. The molecule has 3 aromatic heterocycles. The van der Waals surface area contributed by atoms with Crippen molar-refractivity contribution in [1.82, 2.24) is 24.0 Å². The maximum absolute atomic E-state index is 14.4. The van der Waals surface area contributed by atoms with Gasteiger partial charge in [-0.25, -0.2) is 18.3 Å². The van der Waals surface area contributed by atoms with Crippen LogP contribution in [0.4, 0.5) is 19.9 Å². The third-order valence-electron chi connectivity index (χ3n) is 6.54. The van der Waals surface area contributed by atoms with Gasteiger partial charge in [0.25, 0.3) is 0 Å². The molecular formula is C22H20ClF2N7S. The molecule has 2 fully saturated rings.